The van der Waals surface area contributed by atoms with Gasteiger partial charge in [0.05, 0.1) is 28.5 Å². The van der Waals surface area contributed by atoms with Crippen LogP contribution in [0.4, 0.5) is 10.3 Å². The molecule has 3 aromatic rings. The number of aromatic nitrogens is 4. The number of unbranched alkanes of at least 4 members (excludes halogenated alkanes) is 2. The fraction of sp³-hybridized carbons (Fsp3) is 0.542. The van der Waals surface area contributed by atoms with E-state index in [9.17, 15) is 9.50 Å². The van der Waals surface area contributed by atoms with Crippen molar-refractivity contribution < 1.29 is 9.50 Å². The summed E-state index contributed by atoms with van der Waals surface area (Å²) in [5.74, 6) is 0.436. The maximum absolute atomic E-state index is 14.4. The summed E-state index contributed by atoms with van der Waals surface area (Å²) in [5.41, 5.74) is 7.60. The molecule has 32 heavy (non-hydrogen) atoms. The van der Waals surface area contributed by atoms with Crippen molar-refractivity contribution >= 4 is 28.6 Å². The highest BCUT2D eigenvalue weighted by Gasteiger charge is 2.17. The van der Waals surface area contributed by atoms with Crippen LogP contribution in [-0.4, -0.2) is 30.7 Å². The lowest BCUT2D eigenvalue weighted by molar-refractivity contribution is 0.150. The Morgan fingerprint density at radius 2 is 1.84 bits per heavy atom. The highest BCUT2D eigenvalue weighted by molar-refractivity contribution is 6.33. The summed E-state index contributed by atoms with van der Waals surface area (Å²) in [6.45, 7) is 10.2. The number of hydrogen-bond donors (Lipinski definition) is 2. The van der Waals surface area contributed by atoms with Crippen molar-refractivity contribution in [3.8, 4) is 11.3 Å². The SMILES string of the molecule is CCCCCC(O)CCC.Cc1nc2c(F)cc(-c3nc(N)ncc3Cl)cc2n1C(C)C. The third-order valence-electron chi connectivity index (χ3n) is 5.24. The van der Waals surface area contributed by atoms with Crippen molar-refractivity contribution in [2.75, 3.05) is 5.73 Å². The van der Waals surface area contributed by atoms with Gasteiger partial charge in [-0.1, -0.05) is 51.1 Å². The van der Waals surface area contributed by atoms with Gasteiger partial charge in [0.15, 0.2) is 5.82 Å². The van der Waals surface area contributed by atoms with Crippen LogP contribution in [0.5, 0.6) is 0 Å². The smallest absolute Gasteiger partial charge is 0.220 e. The zero-order chi connectivity index (χ0) is 23.8. The van der Waals surface area contributed by atoms with E-state index in [2.05, 4.69) is 28.8 Å². The largest absolute Gasteiger partial charge is 0.393 e. The third kappa shape index (κ3) is 6.62. The number of imidazole rings is 1. The molecule has 6 nitrogen and oxygen atoms in total. The predicted octanol–water partition coefficient (Wildman–Crippen LogP) is 6.49. The molecule has 0 spiro atoms. The molecule has 0 aliphatic rings. The van der Waals surface area contributed by atoms with Crippen LogP contribution in [0.15, 0.2) is 18.3 Å². The second-order valence-corrected chi connectivity index (χ2v) is 8.72. The molecule has 1 unspecified atom stereocenters. The van der Waals surface area contributed by atoms with Gasteiger partial charge in [-0.2, -0.15) is 0 Å². The summed E-state index contributed by atoms with van der Waals surface area (Å²) >= 11 is 6.12. The van der Waals surface area contributed by atoms with E-state index in [-0.39, 0.29) is 18.1 Å². The van der Waals surface area contributed by atoms with Gasteiger partial charge in [-0.3, -0.25) is 0 Å². The summed E-state index contributed by atoms with van der Waals surface area (Å²) in [5, 5.41) is 9.60. The summed E-state index contributed by atoms with van der Waals surface area (Å²) < 4.78 is 16.4. The lowest BCUT2D eigenvalue weighted by Crippen LogP contribution is -2.04. The Morgan fingerprint density at radius 1 is 1.12 bits per heavy atom. The zero-order valence-corrected chi connectivity index (χ0v) is 20.5. The van der Waals surface area contributed by atoms with Gasteiger partial charge in [0.1, 0.15) is 11.3 Å². The number of benzene rings is 1. The number of nitrogens with zero attached hydrogens (tertiary/aromatic N) is 4. The average molecular weight is 464 g/mol. The lowest BCUT2D eigenvalue weighted by atomic mass is 10.1. The van der Waals surface area contributed by atoms with Gasteiger partial charge in [-0.05, 0) is 45.7 Å². The Balaban J connectivity index is 0.000000309. The molecule has 0 saturated heterocycles. The highest BCUT2D eigenvalue weighted by Crippen LogP contribution is 2.31. The molecule has 0 aliphatic heterocycles. The number of nitrogen functional groups attached to an aromatic ring is 1. The van der Waals surface area contributed by atoms with Crippen LogP contribution in [0, 0.1) is 12.7 Å². The Morgan fingerprint density at radius 3 is 2.47 bits per heavy atom. The van der Waals surface area contributed by atoms with Gasteiger partial charge >= 0.3 is 0 Å². The average Bonchev–Trinajstić information content (AvgIpc) is 3.07. The van der Waals surface area contributed by atoms with Crippen molar-refractivity contribution in [3.05, 3.63) is 35.0 Å². The molecule has 3 N–H and O–H groups in total. The molecule has 2 heterocycles. The molecular formula is C24H35ClFN5O. The van der Waals surface area contributed by atoms with E-state index in [1.165, 1.54) is 31.5 Å². The number of aliphatic hydroxyl groups excluding tert-OH is 1. The summed E-state index contributed by atoms with van der Waals surface area (Å²) in [6.07, 6.45) is 8.17. The van der Waals surface area contributed by atoms with E-state index >= 15 is 0 Å². The van der Waals surface area contributed by atoms with Crippen LogP contribution in [0.2, 0.25) is 5.02 Å². The number of nitrogens with two attached hydrogens (primary N) is 1. The van der Waals surface area contributed by atoms with Crippen LogP contribution in [0.1, 0.15) is 78.1 Å². The Labute approximate surface area is 195 Å². The predicted molar refractivity (Wildman–Crippen MR) is 130 cm³/mol. The number of fused-ring (bicyclic) bond motifs is 1. The van der Waals surface area contributed by atoms with E-state index in [1.807, 2.05) is 31.4 Å². The van der Waals surface area contributed by atoms with Gasteiger partial charge in [0, 0.05) is 11.6 Å². The van der Waals surface area contributed by atoms with Gasteiger partial charge in [-0.15, -0.1) is 0 Å². The second kappa shape index (κ2) is 12.1. The number of rotatable bonds is 8. The van der Waals surface area contributed by atoms with Crippen molar-refractivity contribution in [2.24, 2.45) is 0 Å². The first-order valence-corrected chi connectivity index (χ1v) is 11.7. The van der Waals surface area contributed by atoms with Crippen molar-refractivity contribution in [1.29, 1.82) is 0 Å². The maximum atomic E-state index is 14.4. The summed E-state index contributed by atoms with van der Waals surface area (Å²) in [7, 11) is 0. The quantitative estimate of drug-likeness (QED) is 0.373. The molecule has 0 aliphatic carbocycles. The lowest BCUT2D eigenvalue weighted by Gasteiger charge is -2.12. The van der Waals surface area contributed by atoms with E-state index in [4.69, 9.17) is 17.3 Å². The normalized spacial score (nSPS) is 12.2. The number of aryl methyl sites for hydroxylation is 1. The summed E-state index contributed by atoms with van der Waals surface area (Å²) in [4.78, 5) is 12.2. The van der Waals surface area contributed by atoms with Crippen LogP contribution >= 0.6 is 11.6 Å². The standard InChI is InChI=1S/C15H15ClFN5.C9H20O/c1-7(2)22-8(3)20-14-11(17)4-9(5-12(14)22)13-10(16)6-19-15(18)21-13;1-3-5-6-8-9(10)7-4-2/h4-7H,1-3H3,(H2,18,19,21);9-10H,3-8H2,1-2H3. The van der Waals surface area contributed by atoms with Crippen LogP contribution in [-0.2, 0) is 0 Å². The molecule has 0 radical (unpaired) electrons. The molecule has 1 atom stereocenters. The van der Waals surface area contributed by atoms with E-state index in [0.29, 0.717) is 27.3 Å². The molecule has 0 fully saturated rings. The molecular weight excluding hydrogens is 429 g/mol. The Hall–Kier alpha value is -2.25. The Bertz CT molecular complexity index is 1020. The fourth-order valence-corrected chi connectivity index (χ4v) is 3.95. The molecule has 0 amide bonds. The van der Waals surface area contributed by atoms with Crippen molar-refractivity contribution in [1.82, 2.24) is 19.5 Å². The first-order valence-electron chi connectivity index (χ1n) is 11.3. The van der Waals surface area contributed by atoms with Crippen LogP contribution in [0.3, 0.4) is 0 Å². The highest BCUT2D eigenvalue weighted by atomic mass is 35.5. The van der Waals surface area contributed by atoms with Gasteiger partial charge in [0.2, 0.25) is 5.95 Å². The van der Waals surface area contributed by atoms with Crippen LogP contribution in [0.25, 0.3) is 22.3 Å². The van der Waals surface area contributed by atoms with Crippen LogP contribution < -0.4 is 5.73 Å². The minimum absolute atomic E-state index is 0.0310. The van der Waals surface area contributed by atoms with E-state index in [1.54, 1.807) is 0 Å². The van der Waals surface area contributed by atoms with Crippen molar-refractivity contribution in [3.63, 3.8) is 0 Å². The molecule has 0 saturated carbocycles. The molecule has 3 rings (SSSR count). The van der Waals surface area contributed by atoms with E-state index < -0.39 is 5.82 Å². The van der Waals surface area contributed by atoms with Crippen molar-refractivity contribution in [2.45, 2.75) is 85.3 Å². The second-order valence-electron chi connectivity index (χ2n) is 8.31. The number of halogens is 2. The topological polar surface area (TPSA) is 89.8 Å². The molecule has 2 aromatic heterocycles. The molecule has 0 bridgehead atoms. The van der Waals surface area contributed by atoms with E-state index in [0.717, 1.165) is 25.1 Å². The first-order chi connectivity index (χ1) is 15.2. The third-order valence-corrected chi connectivity index (χ3v) is 5.52. The number of anilines is 1. The molecule has 8 heteroatoms. The summed E-state index contributed by atoms with van der Waals surface area (Å²) in [6, 6.07) is 3.35. The first kappa shape index (κ1) is 26.0. The minimum atomic E-state index is -0.414. The number of aliphatic hydroxyl groups is 1. The van der Waals surface area contributed by atoms with Gasteiger partial charge in [0.25, 0.3) is 0 Å². The minimum Gasteiger partial charge on any atom is -0.393 e. The molecule has 176 valence electrons. The maximum Gasteiger partial charge on any atom is 0.220 e. The Kier molecular flexibility index (Phi) is 9.84. The number of hydrogen-bond acceptors (Lipinski definition) is 5. The van der Waals surface area contributed by atoms with Gasteiger partial charge in [-0.25, -0.2) is 19.3 Å². The zero-order valence-electron chi connectivity index (χ0n) is 19.7. The fourth-order valence-electron chi connectivity index (χ4n) is 3.75. The molecule has 1 aromatic carbocycles. The monoisotopic (exact) mass is 463 g/mol. The van der Waals surface area contributed by atoms with Gasteiger partial charge < -0.3 is 15.4 Å².